The summed E-state index contributed by atoms with van der Waals surface area (Å²) in [6.45, 7) is 5.75. The second-order valence-corrected chi connectivity index (χ2v) is 5.21. The molecule has 1 aromatic rings. The average molecular weight is 248 g/mol. The first-order chi connectivity index (χ1) is 8.83. The molecule has 2 fully saturated rings. The Hall–Kier alpha value is -1.36. The van der Waals surface area contributed by atoms with Crippen LogP contribution in [-0.4, -0.2) is 58.2 Å². The van der Waals surface area contributed by atoms with Crippen LogP contribution in [0.3, 0.4) is 0 Å². The smallest absolute Gasteiger partial charge is 0.225 e. The maximum atomic E-state index is 11.9. The number of piperazine rings is 1. The molecule has 5 heteroatoms. The summed E-state index contributed by atoms with van der Waals surface area (Å²) >= 11 is 0. The van der Waals surface area contributed by atoms with Gasteiger partial charge in [-0.2, -0.15) is 5.10 Å². The van der Waals surface area contributed by atoms with E-state index in [2.05, 4.69) is 10.00 Å². The summed E-state index contributed by atoms with van der Waals surface area (Å²) in [5, 5.41) is 4.20. The molecular formula is C13H20N4O. The molecule has 98 valence electrons. The minimum Gasteiger partial charge on any atom is -0.340 e. The highest BCUT2D eigenvalue weighted by Gasteiger charge is 2.34. The Morgan fingerprint density at radius 2 is 1.94 bits per heavy atom. The number of hydrogen-bond acceptors (Lipinski definition) is 3. The van der Waals surface area contributed by atoms with Gasteiger partial charge in [-0.15, -0.1) is 0 Å². The second-order valence-electron chi connectivity index (χ2n) is 5.21. The predicted molar refractivity (Wildman–Crippen MR) is 68.0 cm³/mol. The van der Waals surface area contributed by atoms with Crippen LogP contribution in [0.2, 0.25) is 0 Å². The quantitative estimate of drug-likeness (QED) is 0.776. The van der Waals surface area contributed by atoms with E-state index >= 15 is 0 Å². The highest BCUT2D eigenvalue weighted by atomic mass is 16.2. The van der Waals surface area contributed by atoms with Gasteiger partial charge in [-0.25, -0.2) is 0 Å². The third kappa shape index (κ3) is 2.72. The molecule has 1 aliphatic heterocycles. The van der Waals surface area contributed by atoms with E-state index in [9.17, 15) is 4.79 Å². The summed E-state index contributed by atoms with van der Waals surface area (Å²) in [5.74, 6) is 0.752. The fraction of sp³-hybridized carbons (Fsp3) is 0.692. The zero-order valence-electron chi connectivity index (χ0n) is 10.7. The molecule has 3 rings (SSSR count). The van der Waals surface area contributed by atoms with E-state index < -0.39 is 0 Å². The first-order valence-electron chi connectivity index (χ1n) is 6.81. The lowest BCUT2D eigenvalue weighted by Crippen LogP contribution is -2.49. The monoisotopic (exact) mass is 248 g/mol. The molecule has 1 saturated heterocycles. The van der Waals surface area contributed by atoms with Crippen LogP contribution in [0.4, 0.5) is 0 Å². The van der Waals surface area contributed by atoms with Gasteiger partial charge in [-0.1, -0.05) is 0 Å². The Bertz CT molecular complexity index is 391. The van der Waals surface area contributed by atoms with E-state index in [1.54, 1.807) is 0 Å². The van der Waals surface area contributed by atoms with Crippen LogP contribution in [0.25, 0.3) is 0 Å². The van der Waals surface area contributed by atoms with E-state index in [-0.39, 0.29) is 0 Å². The van der Waals surface area contributed by atoms with Crippen LogP contribution >= 0.6 is 0 Å². The average Bonchev–Trinajstić information content (AvgIpc) is 3.13. The van der Waals surface area contributed by atoms with Crippen LogP contribution < -0.4 is 0 Å². The van der Waals surface area contributed by atoms with Gasteiger partial charge in [0.1, 0.15) is 0 Å². The van der Waals surface area contributed by atoms with Crippen LogP contribution in [0.5, 0.6) is 0 Å². The van der Waals surface area contributed by atoms with E-state index in [1.165, 1.54) is 0 Å². The van der Waals surface area contributed by atoms with Gasteiger partial charge < -0.3 is 4.90 Å². The van der Waals surface area contributed by atoms with Gasteiger partial charge in [0.15, 0.2) is 0 Å². The van der Waals surface area contributed by atoms with Crippen molar-refractivity contribution in [2.24, 2.45) is 5.92 Å². The van der Waals surface area contributed by atoms with Crippen molar-refractivity contribution in [1.29, 1.82) is 0 Å². The van der Waals surface area contributed by atoms with Crippen molar-refractivity contribution in [3.05, 3.63) is 18.5 Å². The van der Waals surface area contributed by atoms with Gasteiger partial charge in [-0.05, 0) is 18.9 Å². The van der Waals surface area contributed by atoms with Gasteiger partial charge in [-0.3, -0.25) is 14.4 Å². The Morgan fingerprint density at radius 3 is 2.56 bits per heavy atom. The summed E-state index contributed by atoms with van der Waals surface area (Å²) in [7, 11) is 0. The molecule has 0 unspecified atom stereocenters. The molecular weight excluding hydrogens is 228 g/mol. The van der Waals surface area contributed by atoms with Crippen molar-refractivity contribution in [2.45, 2.75) is 19.4 Å². The first kappa shape index (κ1) is 11.7. The zero-order chi connectivity index (χ0) is 12.4. The Labute approximate surface area is 107 Å². The lowest BCUT2D eigenvalue weighted by atomic mass is 10.2. The molecule has 1 aliphatic carbocycles. The van der Waals surface area contributed by atoms with Crippen molar-refractivity contribution < 1.29 is 4.79 Å². The summed E-state index contributed by atoms with van der Waals surface area (Å²) < 4.78 is 1.96. The molecule has 1 saturated carbocycles. The minimum atomic E-state index is 0.362. The fourth-order valence-electron chi connectivity index (χ4n) is 2.46. The van der Waals surface area contributed by atoms with Gasteiger partial charge in [0.2, 0.25) is 5.91 Å². The number of hydrogen-bond donors (Lipinski definition) is 0. The highest BCUT2D eigenvalue weighted by Crippen LogP contribution is 2.31. The van der Waals surface area contributed by atoms with Crippen LogP contribution in [0.15, 0.2) is 18.5 Å². The van der Waals surface area contributed by atoms with Crippen molar-refractivity contribution >= 4 is 5.91 Å². The lowest BCUT2D eigenvalue weighted by molar-refractivity contribution is -0.134. The third-order valence-electron chi connectivity index (χ3n) is 3.82. The number of nitrogens with zero attached hydrogens (tertiary/aromatic N) is 4. The topological polar surface area (TPSA) is 41.4 Å². The van der Waals surface area contributed by atoms with Gasteiger partial charge in [0.25, 0.3) is 0 Å². The van der Waals surface area contributed by atoms with E-state index in [0.717, 1.165) is 52.1 Å². The van der Waals surface area contributed by atoms with E-state index in [1.807, 2.05) is 28.0 Å². The predicted octanol–water partition coefficient (Wildman–Crippen LogP) is 0.437. The SMILES string of the molecule is O=C(C1CC1)N1CCN(CCn2cccn2)CC1. The van der Waals surface area contributed by atoms with Crippen LogP contribution in [0.1, 0.15) is 12.8 Å². The summed E-state index contributed by atoms with van der Waals surface area (Å²) in [6.07, 6.45) is 6.02. The summed E-state index contributed by atoms with van der Waals surface area (Å²) in [6, 6.07) is 1.95. The molecule has 18 heavy (non-hydrogen) atoms. The number of carbonyl (C=O) groups excluding carboxylic acids is 1. The molecule has 2 aliphatic rings. The Balaban J connectivity index is 1.41. The third-order valence-corrected chi connectivity index (χ3v) is 3.82. The molecule has 0 N–H and O–H groups in total. The molecule has 1 amide bonds. The molecule has 2 heterocycles. The highest BCUT2D eigenvalue weighted by molar-refractivity contribution is 5.81. The number of aromatic nitrogens is 2. The van der Waals surface area contributed by atoms with Gasteiger partial charge in [0, 0.05) is 51.0 Å². The van der Waals surface area contributed by atoms with Crippen LogP contribution in [0, 0.1) is 5.92 Å². The number of amides is 1. The molecule has 1 aromatic heterocycles. The zero-order valence-corrected chi connectivity index (χ0v) is 10.7. The standard InChI is InChI=1S/C13H20N4O/c18-13(12-2-3-12)16-9-6-15(7-10-16)8-11-17-5-1-4-14-17/h1,4-5,12H,2-3,6-11H2. The van der Waals surface area contributed by atoms with Crippen molar-refractivity contribution in [3.8, 4) is 0 Å². The number of carbonyl (C=O) groups is 1. The van der Waals surface area contributed by atoms with E-state index in [4.69, 9.17) is 0 Å². The molecule has 0 aromatic carbocycles. The molecule has 0 spiro atoms. The van der Waals surface area contributed by atoms with Gasteiger partial charge in [0.05, 0.1) is 6.54 Å². The molecule has 0 atom stereocenters. The maximum Gasteiger partial charge on any atom is 0.225 e. The first-order valence-corrected chi connectivity index (χ1v) is 6.81. The molecule has 5 nitrogen and oxygen atoms in total. The van der Waals surface area contributed by atoms with E-state index in [0.29, 0.717) is 11.8 Å². The fourth-order valence-corrected chi connectivity index (χ4v) is 2.46. The van der Waals surface area contributed by atoms with Gasteiger partial charge >= 0.3 is 0 Å². The molecule has 0 radical (unpaired) electrons. The summed E-state index contributed by atoms with van der Waals surface area (Å²) in [5.41, 5.74) is 0. The van der Waals surface area contributed by atoms with Crippen molar-refractivity contribution in [2.75, 3.05) is 32.7 Å². The Morgan fingerprint density at radius 1 is 1.17 bits per heavy atom. The van der Waals surface area contributed by atoms with Crippen molar-refractivity contribution in [1.82, 2.24) is 19.6 Å². The maximum absolute atomic E-state index is 11.9. The van der Waals surface area contributed by atoms with Crippen LogP contribution in [-0.2, 0) is 11.3 Å². The van der Waals surface area contributed by atoms with Crippen molar-refractivity contribution in [3.63, 3.8) is 0 Å². The number of rotatable bonds is 4. The lowest BCUT2D eigenvalue weighted by Gasteiger charge is -2.34. The normalized spacial score (nSPS) is 21.2. The Kier molecular flexibility index (Phi) is 3.32. The largest absolute Gasteiger partial charge is 0.340 e. The minimum absolute atomic E-state index is 0.362. The second kappa shape index (κ2) is 5.10. The summed E-state index contributed by atoms with van der Waals surface area (Å²) in [4.78, 5) is 16.4. The molecule has 0 bridgehead atoms.